The van der Waals surface area contributed by atoms with Crippen molar-refractivity contribution >= 4 is 0 Å². The molecule has 88 valence electrons. The van der Waals surface area contributed by atoms with Crippen molar-refractivity contribution in [2.24, 2.45) is 5.92 Å². The third-order valence-corrected chi connectivity index (χ3v) is 3.70. The van der Waals surface area contributed by atoms with Crippen LogP contribution in [-0.4, -0.2) is 49.0 Å². The number of rotatable bonds is 3. The Kier molecular flexibility index (Phi) is 4.42. The zero-order valence-corrected chi connectivity index (χ0v) is 9.53. The first kappa shape index (κ1) is 11.4. The lowest BCUT2D eigenvalue weighted by Crippen LogP contribution is -2.37. The molecule has 0 radical (unpaired) electrons. The van der Waals surface area contributed by atoms with Crippen LogP contribution in [0.15, 0.2) is 0 Å². The molecule has 0 aromatic carbocycles. The van der Waals surface area contributed by atoms with Crippen molar-refractivity contribution in [3.8, 4) is 0 Å². The summed E-state index contributed by atoms with van der Waals surface area (Å²) in [5.74, 6) is 0.564. The molecule has 2 rings (SSSR count). The van der Waals surface area contributed by atoms with Gasteiger partial charge in [0.15, 0.2) is 0 Å². The van der Waals surface area contributed by atoms with E-state index in [2.05, 4.69) is 4.90 Å². The van der Waals surface area contributed by atoms with E-state index in [1.54, 1.807) is 0 Å². The predicted molar refractivity (Wildman–Crippen MR) is 59.8 cm³/mol. The second-order valence-corrected chi connectivity index (χ2v) is 4.88. The highest BCUT2D eigenvalue weighted by molar-refractivity contribution is 4.77. The standard InChI is InChI=1S/C12H23NO2/c14-12(11-4-1-2-5-11)10-13-6-3-8-15-9-7-13/h11-12,14H,1-10H2. The monoisotopic (exact) mass is 213 g/mol. The maximum atomic E-state index is 10.1. The number of hydrogen-bond acceptors (Lipinski definition) is 3. The molecule has 1 saturated carbocycles. The van der Waals surface area contributed by atoms with E-state index >= 15 is 0 Å². The Morgan fingerprint density at radius 2 is 1.93 bits per heavy atom. The number of aliphatic hydroxyl groups excluding tert-OH is 1. The van der Waals surface area contributed by atoms with Gasteiger partial charge in [-0.1, -0.05) is 12.8 Å². The molecule has 1 aliphatic heterocycles. The van der Waals surface area contributed by atoms with Crippen molar-refractivity contribution in [2.45, 2.75) is 38.2 Å². The molecule has 0 bridgehead atoms. The fourth-order valence-electron chi connectivity index (χ4n) is 2.74. The van der Waals surface area contributed by atoms with E-state index in [0.29, 0.717) is 5.92 Å². The zero-order chi connectivity index (χ0) is 10.5. The Morgan fingerprint density at radius 1 is 1.13 bits per heavy atom. The van der Waals surface area contributed by atoms with Gasteiger partial charge in [-0.05, 0) is 25.2 Å². The first-order chi connectivity index (χ1) is 7.36. The number of β-amino-alcohol motifs (C(OH)–C–C–N with tert-alkyl or cyclic N) is 1. The first-order valence-corrected chi connectivity index (χ1v) is 6.34. The van der Waals surface area contributed by atoms with Crippen LogP contribution in [0.2, 0.25) is 0 Å². The SMILES string of the molecule is OC(CN1CCCOCC1)C1CCCC1. The molecule has 15 heavy (non-hydrogen) atoms. The highest BCUT2D eigenvalue weighted by Crippen LogP contribution is 2.28. The zero-order valence-electron chi connectivity index (χ0n) is 9.53. The molecule has 0 aromatic heterocycles. The van der Waals surface area contributed by atoms with Crippen LogP contribution in [-0.2, 0) is 4.74 Å². The quantitative estimate of drug-likeness (QED) is 0.766. The van der Waals surface area contributed by atoms with Gasteiger partial charge < -0.3 is 9.84 Å². The molecule has 1 unspecified atom stereocenters. The van der Waals surface area contributed by atoms with E-state index in [4.69, 9.17) is 4.74 Å². The van der Waals surface area contributed by atoms with Crippen LogP contribution in [0.25, 0.3) is 0 Å². The van der Waals surface area contributed by atoms with Crippen LogP contribution in [0, 0.1) is 5.92 Å². The summed E-state index contributed by atoms with van der Waals surface area (Å²) in [5.41, 5.74) is 0. The van der Waals surface area contributed by atoms with Gasteiger partial charge in [0.25, 0.3) is 0 Å². The van der Waals surface area contributed by atoms with Gasteiger partial charge in [-0.15, -0.1) is 0 Å². The summed E-state index contributed by atoms with van der Waals surface area (Å²) in [6.45, 7) is 4.65. The number of ether oxygens (including phenoxy) is 1. The summed E-state index contributed by atoms with van der Waals surface area (Å²) in [4.78, 5) is 2.36. The van der Waals surface area contributed by atoms with Gasteiger partial charge in [-0.2, -0.15) is 0 Å². The molecule has 1 heterocycles. The lowest BCUT2D eigenvalue weighted by atomic mass is 10.0. The fourth-order valence-corrected chi connectivity index (χ4v) is 2.74. The van der Waals surface area contributed by atoms with Crippen LogP contribution < -0.4 is 0 Å². The second-order valence-electron chi connectivity index (χ2n) is 4.88. The van der Waals surface area contributed by atoms with E-state index in [1.165, 1.54) is 25.7 Å². The minimum Gasteiger partial charge on any atom is -0.392 e. The molecular formula is C12H23NO2. The smallest absolute Gasteiger partial charge is 0.0695 e. The molecule has 1 N–H and O–H groups in total. The van der Waals surface area contributed by atoms with Gasteiger partial charge in [0.05, 0.1) is 12.7 Å². The maximum absolute atomic E-state index is 10.1. The minimum atomic E-state index is -0.106. The molecule has 0 spiro atoms. The third kappa shape index (κ3) is 3.44. The molecule has 0 amide bonds. The molecule has 1 saturated heterocycles. The number of aliphatic hydroxyl groups is 1. The molecule has 1 aliphatic carbocycles. The Morgan fingerprint density at radius 3 is 2.73 bits per heavy atom. The average molecular weight is 213 g/mol. The fraction of sp³-hybridized carbons (Fsp3) is 1.00. The van der Waals surface area contributed by atoms with Crippen LogP contribution in [0.3, 0.4) is 0 Å². The van der Waals surface area contributed by atoms with E-state index in [0.717, 1.165) is 39.3 Å². The van der Waals surface area contributed by atoms with Gasteiger partial charge in [0.2, 0.25) is 0 Å². The lowest BCUT2D eigenvalue weighted by molar-refractivity contribution is 0.0632. The second kappa shape index (κ2) is 5.83. The highest BCUT2D eigenvalue weighted by Gasteiger charge is 2.25. The molecule has 0 aromatic rings. The van der Waals surface area contributed by atoms with E-state index in [1.807, 2.05) is 0 Å². The van der Waals surface area contributed by atoms with Crippen molar-refractivity contribution in [1.29, 1.82) is 0 Å². The van der Waals surface area contributed by atoms with Crippen molar-refractivity contribution in [3.05, 3.63) is 0 Å². The normalized spacial score (nSPS) is 27.8. The molecular weight excluding hydrogens is 190 g/mol. The van der Waals surface area contributed by atoms with Crippen LogP contribution in [0.5, 0.6) is 0 Å². The Hall–Kier alpha value is -0.120. The third-order valence-electron chi connectivity index (χ3n) is 3.70. The van der Waals surface area contributed by atoms with E-state index < -0.39 is 0 Å². The molecule has 2 aliphatic rings. The van der Waals surface area contributed by atoms with Gasteiger partial charge in [0.1, 0.15) is 0 Å². The average Bonchev–Trinajstić information content (AvgIpc) is 2.65. The van der Waals surface area contributed by atoms with Crippen LogP contribution in [0.1, 0.15) is 32.1 Å². The largest absolute Gasteiger partial charge is 0.392 e. The summed E-state index contributed by atoms with van der Waals surface area (Å²) >= 11 is 0. The van der Waals surface area contributed by atoms with Gasteiger partial charge in [0, 0.05) is 26.2 Å². The molecule has 1 atom stereocenters. The Balaban J connectivity index is 1.73. The minimum absolute atomic E-state index is 0.106. The number of hydrogen-bond donors (Lipinski definition) is 1. The summed E-state index contributed by atoms with van der Waals surface area (Å²) in [6, 6.07) is 0. The summed E-state index contributed by atoms with van der Waals surface area (Å²) in [5, 5.41) is 10.1. The topological polar surface area (TPSA) is 32.7 Å². The Bertz CT molecular complexity index is 172. The van der Waals surface area contributed by atoms with Gasteiger partial charge in [-0.3, -0.25) is 4.90 Å². The maximum Gasteiger partial charge on any atom is 0.0695 e. The predicted octanol–water partition coefficient (Wildman–Crippen LogP) is 1.26. The van der Waals surface area contributed by atoms with Crippen LogP contribution in [0.4, 0.5) is 0 Å². The first-order valence-electron chi connectivity index (χ1n) is 6.34. The highest BCUT2D eigenvalue weighted by atomic mass is 16.5. The lowest BCUT2D eigenvalue weighted by Gasteiger charge is -2.25. The summed E-state index contributed by atoms with van der Waals surface area (Å²) in [6.07, 6.45) is 6.08. The van der Waals surface area contributed by atoms with E-state index in [9.17, 15) is 5.11 Å². The Labute approximate surface area is 92.4 Å². The summed E-state index contributed by atoms with van der Waals surface area (Å²) < 4.78 is 5.41. The van der Waals surface area contributed by atoms with Crippen molar-refractivity contribution in [2.75, 3.05) is 32.8 Å². The van der Waals surface area contributed by atoms with E-state index in [-0.39, 0.29) is 6.10 Å². The molecule has 3 heteroatoms. The van der Waals surface area contributed by atoms with Gasteiger partial charge in [-0.25, -0.2) is 0 Å². The van der Waals surface area contributed by atoms with Gasteiger partial charge >= 0.3 is 0 Å². The molecule has 2 fully saturated rings. The number of nitrogens with zero attached hydrogens (tertiary/aromatic N) is 1. The summed E-state index contributed by atoms with van der Waals surface area (Å²) in [7, 11) is 0. The van der Waals surface area contributed by atoms with Crippen molar-refractivity contribution < 1.29 is 9.84 Å². The van der Waals surface area contributed by atoms with Crippen molar-refractivity contribution in [1.82, 2.24) is 4.90 Å². The molecule has 3 nitrogen and oxygen atoms in total. The van der Waals surface area contributed by atoms with Crippen LogP contribution >= 0.6 is 0 Å². The van der Waals surface area contributed by atoms with Crippen molar-refractivity contribution in [3.63, 3.8) is 0 Å².